The summed E-state index contributed by atoms with van der Waals surface area (Å²) in [6.45, 7) is 0.183. The number of carbonyl (C=O) groups is 1. The summed E-state index contributed by atoms with van der Waals surface area (Å²) in [5.74, 6) is -0.938. The molecule has 0 aliphatic heterocycles. The highest BCUT2D eigenvalue weighted by Crippen LogP contribution is 2.11. The minimum absolute atomic E-state index is 0.142. The molecule has 0 aromatic carbocycles. The number of ether oxygens (including phenoxy) is 1. The summed E-state index contributed by atoms with van der Waals surface area (Å²) in [6.07, 6.45) is 1.42. The molecule has 0 unspecified atom stereocenters. The van der Waals surface area contributed by atoms with Crippen molar-refractivity contribution in [3.63, 3.8) is 0 Å². The van der Waals surface area contributed by atoms with E-state index in [1.54, 1.807) is 18.3 Å². The molecule has 100 valence electrons. The second-order valence-corrected chi connectivity index (χ2v) is 5.92. The van der Waals surface area contributed by atoms with E-state index in [4.69, 9.17) is 5.73 Å². The second kappa shape index (κ2) is 6.46. The molecule has 1 aromatic heterocycles. The number of sulfone groups is 1. The van der Waals surface area contributed by atoms with E-state index >= 15 is 0 Å². The van der Waals surface area contributed by atoms with Crippen molar-refractivity contribution in [1.82, 2.24) is 4.98 Å². The van der Waals surface area contributed by atoms with Crippen molar-refractivity contribution in [3.8, 4) is 0 Å². The van der Waals surface area contributed by atoms with Crippen LogP contribution in [-0.2, 0) is 31.7 Å². The maximum atomic E-state index is 11.8. The number of esters is 1. The third kappa shape index (κ3) is 4.42. The summed E-state index contributed by atoms with van der Waals surface area (Å²) >= 11 is 0. The predicted octanol–water partition coefficient (Wildman–Crippen LogP) is 0.0182. The first-order chi connectivity index (χ1) is 8.48. The highest BCUT2D eigenvalue weighted by Gasteiger charge is 2.16. The van der Waals surface area contributed by atoms with Crippen molar-refractivity contribution < 1.29 is 17.9 Å². The van der Waals surface area contributed by atoms with Crippen LogP contribution in [0.15, 0.2) is 18.3 Å². The smallest absolute Gasteiger partial charge is 0.306 e. The number of rotatable bonds is 6. The zero-order valence-corrected chi connectivity index (χ0v) is 10.9. The van der Waals surface area contributed by atoms with Crippen LogP contribution in [0.1, 0.15) is 17.7 Å². The van der Waals surface area contributed by atoms with Gasteiger partial charge in [0.05, 0.1) is 30.7 Å². The summed E-state index contributed by atoms with van der Waals surface area (Å²) in [6, 6.07) is 3.33. The molecule has 0 atom stereocenters. The van der Waals surface area contributed by atoms with E-state index in [0.717, 1.165) is 0 Å². The van der Waals surface area contributed by atoms with E-state index in [1.807, 2.05) is 0 Å². The zero-order valence-electron chi connectivity index (χ0n) is 10.1. The van der Waals surface area contributed by atoms with Gasteiger partial charge in [-0.3, -0.25) is 9.78 Å². The third-order valence-corrected chi connectivity index (χ3v) is 3.98. The maximum Gasteiger partial charge on any atom is 0.306 e. The van der Waals surface area contributed by atoms with Crippen LogP contribution in [0.25, 0.3) is 0 Å². The monoisotopic (exact) mass is 272 g/mol. The van der Waals surface area contributed by atoms with Gasteiger partial charge in [-0.15, -0.1) is 0 Å². The normalized spacial score (nSPS) is 11.2. The minimum atomic E-state index is -3.37. The zero-order chi connectivity index (χ0) is 13.6. The second-order valence-electron chi connectivity index (χ2n) is 3.73. The Kier molecular flexibility index (Phi) is 5.24. The number of nitrogens with zero attached hydrogens (tertiary/aromatic N) is 1. The number of methoxy groups -OCH3 is 1. The molecule has 0 saturated heterocycles. The number of nitrogens with two attached hydrogens (primary N) is 1. The topological polar surface area (TPSA) is 99.4 Å². The van der Waals surface area contributed by atoms with Gasteiger partial charge in [0, 0.05) is 12.7 Å². The van der Waals surface area contributed by atoms with Crippen LogP contribution in [0.4, 0.5) is 0 Å². The Morgan fingerprint density at radius 1 is 1.50 bits per heavy atom. The van der Waals surface area contributed by atoms with E-state index < -0.39 is 15.8 Å². The first kappa shape index (κ1) is 14.6. The molecule has 0 bridgehead atoms. The Morgan fingerprint density at radius 3 is 2.83 bits per heavy atom. The Balaban J connectivity index is 2.73. The Bertz CT molecular complexity index is 514. The molecule has 0 amide bonds. The molecule has 2 N–H and O–H groups in total. The molecule has 6 nitrogen and oxygen atoms in total. The molecule has 1 aromatic rings. The lowest BCUT2D eigenvalue weighted by molar-refractivity contribution is -0.140. The highest BCUT2D eigenvalue weighted by molar-refractivity contribution is 7.90. The van der Waals surface area contributed by atoms with Crippen molar-refractivity contribution in [1.29, 1.82) is 0 Å². The molecule has 0 aliphatic carbocycles. The van der Waals surface area contributed by atoms with Crippen molar-refractivity contribution in [2.45, 2.75) is 18.7 Å². The van der Waals surface area contributed by atoms with Gasteiger partial charge in [0.25, 0.3) is 0 Å². The van der Waals surface area contributed by atoms with Crippen LogP contribution >= 0.6 is 0 Å². The number of aromatic nitrogens is 1. The summed E-state index contributed by atoms with van der Waals surface area (Å²) < 4.78 is 28.0. The molecule has 0 spiro atoms. The first-order valence-electron chi connectivity index (χ1n) is 5.38. The summed E-state index contributed by atoms with van der Waals surface area (Å²) in [5.41, 5.74) is 6.61. The first-order valence-corrected chi connectivity index (χ1v) is 7.20. The summed E-state index contributed by atoms with van der Waals surface area (Å²) in [7, 11) is -2.14. The molecule has 0 saturated carbocycles. The minimum Gasteiger partial charge on any atom is -0.469 e. The van der Waals surface area contributed by atoms with Gasteiger partial charge >= 0.3 is 5.97 Å². The number of carbonyl (C=O) groups excluding carboxylic acids is 1. The molecule has 0 aliphatic rings. The fraction of sp³-hybridized carbons (Fsp3) is 0.455. The third-order valence-electron chi connectivity index (χ3n) is 2.40. The molecule has 18 heavy (non-hydrogen) atoms. The van der Waals surface area contributed by atoms with Gasteiger partial charge in [-0.05, 0) is 11.6 Å². The van der Waals surface area contributed by atoms with Gasteiger partial charge in [-0.1, -0.05) is 6.07 Å². The van der Waals surface area contributed by atoms with Crippen LogP contribution in [-0.4, -0.2) is 32.2 Å². The van der Waals surface area contributed by atoms with Crippen LogP contribution < -0.4 is 5.73 Å². The van der Waals surface area contributed by atoms with E-state index in [0.29, 0.717) is 11.3 Å². The number of hydrogen-bond donors (Lipinski definition) is 1. The van der Waals surface area contributed by atoms with E-state index in [9.17, 15) is 13.2 Å². The molecule has 1 heterocycles. The lowest BCUT2D eigenvalue weighted by Crippen LogP contribution is -2.16. The number of hydrogen-bond acceptors (Lipinski definition) is 6. The fourth-order valence-corrected chi connectivity index (χ4v) is 2.80. The van der Waals surface area contributed by atoms with Crippen molar-refractivity contribution in [2.24, 2.45) is 5.73 Å². The van der Waals surface area contributed by atoms with Crippen LogP contribution in [0.2, 0.25) is 0 Å². The average Bonchev–Trinajstić information content (AvgIpc) is 2.36. The van der Waals surface area contributed by atoms with E-state index in [1.165, 1.54) is 7.11 Å². The van der Waals surface area contributed by atoms with Crippen molar-refractivity contribution >= 4 is 15.8 Å². The van der Waals surface area contributed by atoms with Gasteiger partial charge in [0.2, 0.25) is 0 Å². The fourth-order valence-electron chi connectivity index (χ4n) is 1.44. The molecule has 0 radical (unpaired) electrons. The Morgan fingerprint density at radius 2 is 2.22 bits per heavy atom. The van der Waals surface area contributed by atoms with Gasteiger partial charge < -0.3 is 10.5 Å². The molecular formula is C11H16N2O4S. The average molecular weight is 272 g/mol. The van der Waals surface area contributed by atoms with Gasteiger partial charge in [0.15, 0.2) is 9.84 Å². The molecular weight excluding hydrogens is 256 g/mol. The maximum absolute atomic E-state index is 11.8. The van der Waals surface area contributed by atoms with Crippen molar-refractivity contribution in [2.75, 3.05) is 12.9 Å². The van der Waals surface area contributed by atoms with Gasteiger partial charge in [-0.2, -0.15) is 0 Å². The van der Waals surface area contributed by atoms with Crippen LogP contribution in [0.5, 0.6) is 0 Å². The SMILES string of the molecule is COC(=O)CCS(=O)(=O)Cc1cccnc1CN. The van der Waals surface area contributed by atoms with E-state index in [-0.39, 0.29) is 24.5 Å². The van der Waals surface area contributed by atoms with Crippen molar-refractivity contribution in [3.05, 3.63) is 29.6 Å². The predicted molar refractivity (Wildman–Crippen MR) is 66.3 cm³/mol. The van der Waals surface area contributed by atoms with Gasteiger partial charge in [-0.25, -0.2) is 8.42 Å². The standard InChI is InChI=1S/C11H16N2O4S/c1-17-11(14)4-6-18(15,16)8-9-3-2-5-13-10(9)7-12/h2-3,5H,4,6-8,12H2,1H3. The molecule has 7 heteroatoms. The summed E-state index contributed by atoms with van der Waals surface area (Å²) in [4.78, 5) is 14.9. The molecule has 1 rings (SSSR count). The van der Waals surface area contributed by atoms with Crippen LogP contribution in [0, 0.1) is 0 Å². The summed E-state index contributed by atoms with van der Waals surface area (Å²) in [5, 5.41) is 0. The lowest BCUT2D eigenvalue weighted by Gasteiger charge is -2.07. The van der Waals surface area contributed by atoms with Gasteiger partial charge in [0.1, 0.15) is 0 Å². The molecule has 0 fully saturated rings. The highest BCUT2D eigenvalue weighted by atomic mass is 32.2. The Labute approximate surface area is 106 Å². The largest absolute Gasteiger partial charge is 0.469 e. The Hall–Kier alpha value is -1.47. The quantitative estimate of drug-likeness (QED) is 0.733. The lowest BCUT2D eigenvalue weighted by atomic mass is 10.2. The van der Waals surface area contributed by atoms with E-state index in [2.05, 4.69) is 9.72 Å². The van der Waals surface area contributed by atoms with Crippen LogP contribution in [0.3, 0.4) is 0 Å². The number of pyridine rings is 1.